The molecule has 0 unspecified atom stereocenters. The summed E-state index contributed by atoms with van der Waals surface area (Å²) in [6.45, 7) is 0.682. The van der Waals surface area contributed by atoms with Gasteiger partial charge >= 0.3 is 0 Å². The zero-order chi connectivity index (χ0) is 9.59. The summed E-state index contributed by atoms with van der Waals surface area (Å²) in [4.78, 5) is 1.66. The molecule has 0 aromatic carbocycles. The molecule has 0 aliphatic carbocycles. The molecule has 0 saturated carbocycles. The number of hydrazine groups is 2. The normalized spacial score (nSPS) is 22.3. The lowest BCUT2D eigenvalue weighted by molar-refractivity contribution is 0.338. The molecule has 0 amide bonds. The quantitative estimate of drug-likeness (QED) is 0.337. The summed E-state index contributed by atoms with van der Waals surface area (Å²) < 4.78 is 0. The summed E-state index contributed by atoms with van der Waals surface area (Å²) in [5, 5.41) is 17.7. The number of fused-ring (bicyclic) bond motifs is 1. The van der Waals surface area contributed by atoms with Gasteiger partial charge < -0.3 is 4.90 Å². The summed E-state index contributed by atoms with van der Waals surface area (Å²) in [6.07, 6.45) is 1.55. The SMILES string of the molecule is N=C1CN2C(=N)CN(N)C2=CN1N. The molecule has 0 radical (unpaired) electrons. The first-order valence-electron chi connectivity index (χ1n) is 3.80. The van der Waals surface area contributed by atoms with E-state index >= 15 is 0 Å². The van der Waals surface area contributed by atoms with Crippen molar-refractivity contribution in [2.75, 3.05) is 13.1 Å². The van der Waals surface area contributed by atoms with Crippen LogP contribution in [0.2, 0.25) is 0 Å². The zero-order valence-electron chi connectivity index (χ0n) is 6.99. The van der Waals surface area contributed by atoms with Crippen LogP contribution in [0.5, 0.6) is 0 Å². The van der Waals surface area contributed by atoms with Gasteiger partial charge in [0.05, 0.1) is 19.3 Å². The van der Waals surface area contributed by atoms with Crippen molar-refractivity contribution in [1.29, 1.82) is 10.8 Å². The molecule has 1 saturated heterocycles. The van der Waals surface area contributed by atoms with E-state index in [2.05, 4.69) is 0 Å². The maximum absolute atomic E-state index is 7.57. The van der Waals surface area contributed by atoms with Gasteiger partial charge in [-0.25, -0.2) is 11.7 Å². The van der Waals surface area contributed by atoms with Crippen LogP contribution < -0.4 is 11.7 Å². The number of nitrogens with two attached hydrogens (primary N) is 2. The van der Waals surface area contributed by atoms with E-state index in [1.54, 1.807) is 11.1 Å². The van der Waals surface area contributed by atoms with Crippen molar-refractivity contribution < 1.29 is 0 Å². The third kappa shape index (κ3) is 1.05. The Bertz CT molecular complexity index is 306. The topological polar surface area (TPSA) is 109 Å². The Hall–Kier alpha value is -1.60. The molecule has 13 heavy (non-hydrogen) atoms. The van der Waals surface area contributed by atoms with Crippen molar-refractivity contribution in [2.24, 2.45) is 11.7 Å². The largest absolute Gasteiger partial charge is 0.305 e. The van der Waals surface area contributed by atoms with Crippen molar-refractivity contribution in [1.82, 2.24) is 14.9 Å². The molecule has 7 nitrogen and oxygen atoms in total. The monoisotopic (exact) mass is 181 g/mol. The van der Waals surface area contributed by atoms with Gasteiger partial charge in [0.25, 0.3) is 0 Å². The third-order valence-corrected chi connectivity index (χ3v) is 2.09. The number of nitrogens with zero attached hydrogens (tertiary/aromatic N) is 3. The van der Waals surface area contributed by atoms with E-state index in [0.717, 1.165) is 0 Å². The van der Waals surface area contributed by atoms with E-state index in [9.17, 15) is 0 Å². The molecule has 2 aliphatic rings. The molecular formula is C6H11N7. The standard InChI is InChI=1S/C6H11N7/c7-4-2-13(10)6-3-12(9)5(8)1-11(4)6/h3,7-8H,1-2,9-10H2. The molecule has 0 aromatic rings. The number of hydrogen-bond acceptors (Lipinski definition) is 5. The van der Waals surface area contributed by atoms with E-state index in [1.165, 1.54) is 10.0 Å². The minimum Gasteiger partial charge on any atom is -0.305 e. The van der Waals surface area contributed by atoms with E-state index in [-0.39, 0.29) is 5.84 Å². The van der Waals surface area contributed by atoms with Gasteiger partial charge in [0, 0.05) is 0 Å². The highest BCUT2D eigenvalue weighted by Crippen LogP contribution is 2.19. The molecule has 70 valence electrons. The van der Waals surface area contributed by atoms with Crippen molar-refractivity contribution in [3.63, 3.8) is 0 Å². The highest BCUT2D eigenvalue weighted by atomic mass is 15.6. The molecular weight excluding hydrogens is 170 g/mol. The van der Waals surface area contributed by atoms with Crippen molar-refractivity contribution in [3.05, 3.63) is 12.0 Å². The van der Waals surface area contributed by atoms with Crippen LogP contribution in [0, 0.1) is 10.8 Å². The second-order valence-electron chi connectivity index (χ2n) is 3.00. The van der Waals surface area contributed by atoms with Crippen LogP contribution in [0.1, 0.15) is 0 Å². The van der Waals surface area contributed by atoms with Gasteiger partial charge in [0.15, 0.2) is 0 Å². The summed E-state index contributed by atoms with van der Waals surface area (Å²) in [6, 6.07) is 0. The van der Waals surface area contributed by atoms with E-state index in [4.69, 9.17) is 22.5 Å². The molecule has 2 rings (SSSR count). The number of nitrogens with one attached hydrogen (secondary N) is 2. The maximum atomic E-state index is 7.57. The molecule has 1 fully saturated rings. The van der Waals surface area contributed by atoms with Gasteiger partial charge in [-0.3, -0.25) is 20.8 Å². The predicted octanol–water partition coefficient (Wildman–Crippen LogP) is -1.58. The lowest BCUT2D eigenvalue weighted by Crippen LogP contribution is -2.46. The summed E-state index contributed by atoms with van der Waals surface area (Å²) in [5.74, 6) is 12.4. The lowest BCUT2D eigenvalue weighted by Gasteiger charge is -2.30. The van der Waals surface area contributed by atoms with Crippen LogP contribution in [0.4, 0.5) is 0 Å². The average Bonchev–Trinajstić information content (AvgIpc) is 2.31. The third-order valence-electron chi connectivity index (χ3n) is 2.09. The van der Waals surface area contributed by atoms with Gasteiger partial charge in [-0.05, 0) is 0 Å². The fourth-order valence-electron chi connectivity index (χ4n) is 1.38. The Labute approximate surface area is 75.1 Å². The van der Waals surface area contributed by atoms with E-state index in [1.807, 2.05) is 0 Å². The van der Waals surface area contributed by atoms with E-state index < -0.39 is 0 Å². The maximum Gasteiger partial charge on any atom is 0.143 e. The summed E-state index contributed by atoms with van der Waals surface area (Å²) in [5.41, 5.74) is 0. The van der Waals surface area contributed by atoms with E-state index in [0.29, 0.717) is 24.7 Å². The first kappa shape index (κ1) is 8.02. The van der Waals surface area contributed by atoms with Crippen molar-refractivity contribution in [2.45, 2.75) is 0 Å². The Balaban J connectivity index is 2.36. The molecule has 7 heteroatoms. The Morgan fingerprint density at radius 1 is 1.15 bits per heavy atom. The molecule has 2 heterocycles. The molecule has 6 N–H and O–H groups in total. The van der Waals surface area contributed by atoms with Crippen LogP contribution in [0.15, 0.2) is 12.0 Å². The van der Waals surface area contributed by atoms with Crippen LogP contribution in [-0.4, -0.2) is 39.7 Å². The minimum atomic E-state index is 0.254. The molecule has 2 aliphatic heterocycles. The van der Waals surface area contributed by atoms with Gasteiger partial charge in [-0.1, -0.05) is 0 Å². The van der Waals surface area contributed by atoms with Crippen molar-refractivity contribution in [3.8, 4) is 0 Å². The fourth-order valence-corrected chi connectivity index (χ4v) is 1.38. The number of hydrogen-bond donors (Lipinski definition) is 4. The highest BCUT2D eigenvalue weighted by Gasteiger charge is 2.32. The smallest absolute Gasteiger partial charge is 0.143 e. The Kier molecular flexibility index (Phi) is 1.51. The van der Waals surface area contributed by atoms with Gasteiger partial charge in [0.2, 0.25) is 0 Å². The molecule has 0 atom stereocenters. The molecule has 0 spiro atoms. The Morgan fingerprint density at radius 3 is 2.54 bits per heavy atom. The predicted molar refractivity (Wildman–Crippen MR) is 47.2 cm³/mol. The van der Waals surface area contributed by atoms with Crippen LogP contribution in [0.25, 0.3) is 0 Å². The van der Waals surface area contributed by atoms with Crippen LogP contribution in [-0.2, 0) is 0 Å². The second-order valence-corrected chi connectivity index (χ2v) is 3.00. The first-order valence-corrected chi connectivity index (χ1v) is 3.80. The van der Waals surface area contributed by atoms with Crippen LogP contribution in [0.3, 0.4) is 0 Å². The van der Waals surface area contributed by atoms with Gasteiger partial charge in [0.1, 0.15) is 17.5 Å². The zero-order valence-corrected chi connectivity index (χ0v) is 6.99. The highest BCUT2D eigenvalue weighted by molar-refractivity contribution is 5.93. The summed E-state index contributed by atoms with van der Waals surface area (Å²) >= 11 is 0. The summed E-state index contributed by atoms with van der Waals surface area (Å²) in [7, 11) is 0. The first-order chi connectivity index (χ1) is 6.09. The second kappa shape index (κ2) is 2.44. The fraction of sp³-hybridized carbons (Fsp3) is 0.333. The molecule has 0 aromatic heterocycles. The number of amidine groups is 2. The lowest BCUT2D eigenvalue weighted by atomic mass is 10.4. The minimum absolute atomic E-state index is 0.254. The Morgan fingerprint density at radius 2 is 1.85 bits per heavy atom. The average molecular weight is 181 g/mol. The van der Waals surface area contributed by atoms with Crippen molar-refractivity contribution >= 4 is 11.7 Å². The molecule has 0 bridgehead atoms. The van der Waals surface area contributed by atoms with Gasteiger partial charge in [-0.15, -0.1) is 0 Å². The number of rotatable bonds is 0. The van der Waals surface area contributed by atoms with Crippen LogP contribution >= 0.6 is 0 Å². The van der Waals surface area contributed by atoms with Gasteiger partial charge in [-0.2, -0.15) is 0 Å².